The number of aliphatic imine (C=N–C) groups is 1. The van der Waals surface area contributed by atoms with Gasteiger partial charge in [-0.1, -0.05) is 25.1 Å². The normalized spacial score (nSPS) is 12.7. The second-order valence-electron chi connectivity index (χ2n) is 6.02. The second-order valence-corrected chi connectivity index (χ2v) is 9.23. The number of carbonyl (C=O) groups is 3. The Morgan fingerprint density at radius 1 is 0.848 bits per heavy atom. The summed E-state index contributed by atoms with van der Waals surface area (Å²) in [5, 5.41) is -0.792. The van der Waals surface area contributed by atoms with E-state index < -0.39 is 36.3 Å². The highest BCUT2D eigenvalue weighted by Gasteiger charge is 2.43. The molecule has 0 atom stereocenters. The maximum Gasteiger partial charge on any atom is 0.369 e. The third-order valence-electron chi connectivity index (χ3n) is 3.78. The van der Waals surface area contributed by atoms with Gasteiger partial charge in [0.05, 0.1) is 26.4 Å². The van der Waals surface area contributed by atoms with Gasteiger partial charge in [0.2, 0.25) is 0 Å². The molecule has 0 aromatic heterocycles. The molecule has 0 spiro atoms. The molecule has 0 bridgehead atoms. The fourth-order valence-corrected chi connectivity index (χ4v) is 5.18. The SMILES string of the molecule is CCOC(=O)/C(C(=NC(=O)c1ccccc1)SCC)=C(/C(=O)OCC)P(=O)(OCC)OCC. The van der Waals surface area contributed by atoms with Crippen molar-refractivity contribution in [1.82, 2.24) is 0 Å². The lowest BCUT2D eigenvalue weighted by Gasteiger charge is -2.22. The van der Waals surface area contributed by atoms with Crippen molar-refractivity contribution in [2.45, 2.75) is 34.6 Å². The first kappa shape index (κ1) is 28.8. The number of thioether (sulfide) groups is 1. The topological polar surface area (TPSA) is 118 Å². The lowest BCUT2D eigenvalue weighted by atomic mass is 10.2. The van der Waals surface area contributed by atoms with E-state index in [2.05, 4.69) is 4.99 Å². The van der Waals surface area contributed by atoms with Crippen LogP contribution in [0.3, 0.4) is 0 Å². The largest absolute Gasteiger partial charge is 0.462 e. The van der Waals surface area contributed by atoms with Crippen LogP contribution in [0.4, 0.5) is 0 Å². The molecule has 0 heterocycles. The number of hydrogen-bond donors (Lipinski definition) is 0. The zero-order valence-corrected chi connectivity index (χ0v) is 21.2. The van der Waals surface area contributed by atoms with Gasteiger partial charge in [0, 0.05) is 5.56 Å². The first-order valence-corrected chi connectivity index (χ1v) is 13.1. The summed E-state index contributed by atoms with van der Waals surface area (Å²) in [6.07, 6.45) is 0. The Morgan fingerprint density at radius 2 is 1.39 bits per heavy atom. The van der Waals surface area contributed by atoms with Crippen LogP contribution < -0.4 is 0 Å². The third-order valence-corrected chi connectivity index (χ3v) is 6.78. The van der Waals surface area contributed by atoms with Crippen molar-refractivity contribution in [2.75, 3.05) is 32.2 Å². The minimum absolute atomic E-state index is 0.0390. The molecule has 1 rings (SSSR count). The highest BCUT2D eigenvalue weighted by atomic mass is 32.2. The van der Waals surface area contributed by atoms with Crippen LogP contribution in [0.2, 0.25) is 0 Å². The molecule has 182 valence electrons. The Hall–Kier alpha value is -2.26. The quantitative estimate of drug-likeness (QED) is 0.133. The van der Waals surface area contributed by atoms with Crippen molar-refractivity contribution in [3.8, 4) is 0 Å². The molecular formula is C22H30NO8PS. The van der Waals surface area contributed by atoms with Crippen molar-refractivity contribution in [1.29, 1.82) is 0 Å². The second kappa shape index (κ2) is 14.8. The molecule has 0 aliphatic carbocycles. The lowest BCUT2D eigenvalue weighted by Crippen LogP contribution is -2.23. The number of carbonyl (C=O) groups excluding carboxylic acids is 3. The van der Waals surface area contributed by atoms with Crippen LogP contribution in [-0.2, 0) is 32.7 Å². The molecule has 33 heavy (non-hydrogen) atoms. The first-order valence-electron chi connectivity index (χ1n) is 10.6. The maximum absolute atomic E-state index is 13.7. The lowest BCUT2D eigenvalue weighted by molar-refractivity contribution is -0.141. The predicted octanol–water partition coefficient (Wildman–Crippen LogP) is 4.62. The summed E-state index contributed by atoms with van der Waals surface area (Å²) in [6, 6.07) is 8.20. The van der Waals surface area contributed by atoms with E-state index in [1.807, 2.05) is 0 Å². The van der Waals surface area contributed by atoms with Gasteiger partial charge < -0.3 is 18.5 Å². The highest BCUT2D eigenvalue weighted by molar-refractivity contribution is 8.14. The fourth-order valence-electron chi connectivity index (χ4n) is 2.58. The van der Waals surface area contributed by atoms with Gasteiger partial charge in [-0.15, -0.1) is 11.8 Å². The van der Waals surface area contributed by atoms with Crippen molar-refractivity contribution in [2.24, 2.45) is 4.99 Å². The third kappa shape index (κ3) is 8.23. The van der Waals surface area contributed by atoms with Crippen molar-refractivity contribution in [3.05, 3.63) is 46.8 Å². The van der Waals surface area contributed by atoms with E-state index in [0.29, 0.717) is 5.75 Å². The first-order chi connectivity index (χ1) is 15.8. The van der Waals surface area contributed by atoms with E-state index in [0.717, 1.165) is 11.8 Å². The summed E-state index contributed by atoms with van der Waals surface area (Å²) in [4.78, 5) is 42.9. The average Bonchev–Trinajstić information content (AvgIpc) is 2.78. The summed E-state index contributed by atoms with van der Waals surface area (Å²) < 4.78 is 34.6. The van der Waals surface area contributed by atoms with Crippen LogP contribution in [0.1, 0.15) is 45.0 Å². The molecule has 0 aliphatic rings. The number of ether oxygens (including phenoxy) is 2. The Labute approximate surface area is 198 Å². The van der Waals surface area contributed by atoms with E-state index in [4.69, 9.17) is 18.5 Å². The van der Waals surface area contributed by atoms with Gasteiger partial charge in [0.1, 0.15) is 10.6 Å². The maximum atomic E-state index is 13.7. The van der Waals surface area contributed by atoms with Crippen molar-refractivity contribution < 1.29 is 37.5 Å². The molecule has 0 unspecified atom stereocenters. The fraction of sp³-hybridized carbons (Fsp3) is 0.455. The molecule has 1 amide bonds. The van der Waals surface area contributed by atoms with Gasteiger partial charge >= 0.3 is 19.5 Å². The molecule has 0 radical (unpaired) electrons. The molecule has 0 saturated heterocycles. The monoisotopic (exact) mass is 499 g/mol. The zero-order chi connectivity index (χ0) is 24.9. The van der Waals surface area contributed by atoms with Crippen molar-refractivity contribution in [3.63, 3.8) is 0 Å². The van der Waals surface area contributed by atoms with Gasteiger partial charge in [-0.05, 0) is 45.6 Å². The summed E-state index contributed by atoms with van der Waals surface area (Å²) in [5.74, 6) is -2.35. The minimum atomic E-state index is -4.34. The highest BCUT2D eigenvalue weighted by Crippen LogP contribution is 2.58. The molecule has 9 nitrogen and oxygen atoms in total. The number of amides is 1. The number of benzene rings is 1. The molecule has 0 fully saturated rings. The minimum Gasteiger partial charge on any atom is -0.462 e. The molecule has 1 aromatic carbocycles. The molecule has 1 aromatic rings. The van der Waals surface area contributed by atoms with Crippen LogP contribution in [-0.4, -0.2) is 55.1 Å². The zero-order valence-electron chi connectivity index (χ0n) is 19.5. The molecule has 11 heteroatoms. The number of nitrogens with zero attached hydrogens (tertiary/aromatic N) is 1. The number of hydrogen-bond acceptors (Lipinski definition) is 9. The average molecular weight is 500 g/mol. The van der Waals surface area contributed by atoms with Gasteiger partial charge in [-0.3, -0.25) is 9.36 Å². The van der Waals surface area contributed by atoms with Gasteiger partial charge in [-0.25, -0.2) is 14.6 Å². The summed E-state index contributed by atoms with van der Waals surface area (Å²) in [7, 11) is -4.34. The molecule has 0 N–H and O–H groups in total. The summed E-state index contributed by atoms with van der Waals surface area (Å²) in [5.41, 5.74) is -0.206. The summed E-state index contributed by atoms with van der Waals surface area (Å²) in [6.45, 7) is 7.77. The van der Waals surface area contributed by atoms with Crippen LogP contribution in [0.5, 0.6) is 0 Å². The van der Waals surface area contributed by atoms with Gasteiger partial charge in [0.15, 0.2) is 5.31 Å². The Morgan fingerprint density at radius 3 is 1.88 bits per heavy atom. The number of esters is 2. The van der Waals surface area contributed by atoms with E-state index in [-0.39, 0.29) is 37.0 Å². The van der Waals surface area contributed by atoms with E-state index in [1.165, 1.54) is 0 Å². The molecule has 0 saturated carbocycles. The van der Waals surface area contributed by atoms with Gasteiger partial charge in [0.25, 0.3) is 5.91 Å². The standard InChI is InChI=1S/C22H30NO8PS/c1-6-28-21(25)17(18(22(26)29-7-2)32(27,30-8-3)31-9-4)20(33-10-5)23-19(24)16-14-12-11-13-15-16/h11-15H,6-10H2,1-5H3/b18-17-,23-20?. The van der Waals surface area contributed by atoms with Gasteiger partial charge in [-0.2, -0.15) is 0 Å². The van der Waals surface area contributed by atoms with E-state index in [1.54, 1.807) is 65.0 Å². The molecule has 0 aliphatic heterocycles. The van der Waals surface area contributed by atoms with Crippen LogP contribution >= 0.6 is 19.4 Å². The van der Waals surface area contributed by atoms with Crippen LogP contribution in [0.15, 0.2) is 46.2 Å². The van der Waals surface area contributed by atoms with Crippen LogP contribution in [0, 0.1) is 0 Å². The van der Waals surface area contributed by atoms with E-state index >= 15 is 0 Å². The Bertz CT molecular complexity index is 920. The Kier molecular flexibility index (Phi) is 12.9. The van der Waals surface area contributed by atoms with Crippen LogP contribution in [0.25, 0.3) is 0 Å². The van der Waals surface area contributed by atoms with Crippen molar-refractivity contribution >= 4 is 42.2 Å². The Balaban J connectivity index is 3.96. The van der Waals surface area contributed by atoms with E-state index in [9.17, 15) is 18.9 Å². The smallest absolute Gasteiger partial charge is 0.369 e. The number of rotatable bonds is 12. The predicted molar refractivity (Wildman–Crippen MR) is 127 cm³/mol. The summed E-state index contributed by atoms with van der Waals surface area (Å²) >= 11 is 1.01. The molecular weight excluding hydrogens is 469 g/mol.